The Kier molecular flexibility index (Phi) is 2.74. The first-order valence-corrected chi connectivity index (χ1v) is 4.47. The molecule has 0 saturated heterocycles. The highest BCUT2D eigenvalue weighted by Gasteiger charge is 2.02. The number of anilines is 1. The number of aryl methyl sites for hydroxylation is 3. The fourth-order valence-electron chi connectivity index (χ4n) is 1.69. The number of benzene rings is 1. The molecule has 0 aliphatic carbocycles. The third kappa shape index (κ3) is 1.60. The Balaban J connectivity index is 3.24. The molecule has 0 saturated carbocycles. The Morgan fingerprint density at radius 1 is 1.25 bits per heavy atom. The average Bonchev–Trinajstić information content (AvgIpc) is 2.03. The van der Waals surface area contributed by atoms with Gasteiger partial charge in [-0.05, 0) is 31.4 Å². The van der Waals surface area contributed by atoms with E-state index in [4.69, 9.17) is 0 Å². The molecule has 0 radical (unpaired) electrons. The van der Waals surface area contributed by atoms with E-state index in [0.29, 0.717) is 0 Å². The third-order valence-corrected chi connectivity index (χ3v) is 2.19. The average molecular weight is 163 g/mol. The van der Waals surface area contributed by atoms with Gasteiger partial charge < -0.3 is 5.32 Å². The summed E-state index contributed by atoms with van der Waals surface area (Å²) >= 11 is 0. The molecule has 0 heterocycles. The molecular formula is C11H17N. The van der Waals surface area contributed by atoms with Crippen molar-refractivity contribution in [1.29, 1.82) is 0 Å². The van der Waals surface area contributed by atoms with Crippen LogP contribution < -0.4 is 5.32 Å². The summed E-state index contributed by atoms with van der Waals surface area (Å²) in [4.78, 5) is 0. The van der Waals surface area contributed by atoms with Crippen molar-refractivity contribution in [2.45, 2.75) is 27.2 Å². The standard InChI is InChI=1S/C11H17N/c1-5-10-7-8(2)6-9(3)11(10)12-4/h6-7,12H,5H2,1-4H3. The smallest absolute Gasteiger partial charge is 0.0399 e. The molecule has 0 bridgehead atoms. The van der Waals surface area contributed by atoms with E-state index in [1.807, 2.05) is 7.05 Å². The molecule has 1 heteroatoms. The van der Waals surface area contributed by atoms with Crippen LogP contribution in [0, 0.1) is 13.8 Å². The molecule has 0 aromatic heterocycles. The van der Waals surface area contributed by atoms with Crippen molar-refractivity contribution < 1.29 is 0 Å². The van der Waals surface area contributed by atoms with Crippen LogP contribution in [0.5, 0.6) is 0 Å². The highest BCUT2D eigenvalue weighted by molar-refractivity contribution is 5.58. The normalized spacial score (nSPS) is 10.0. The van der Waals surface area contributed by atoms with Gasteiger partial charge in [-0.2, -0.15) is 0 Å². The first-order valence-electron chi connectivity index (χ1n) is 4.47. The number of rotatable bonds is 2. The van der Waals surface area contributed by atoms with Gasteiger partial charge in [0.1, 0.15) is 0 Å². The molecule has 1 aromatic rings. The second-order valence-corrected chi connectivity index (χ2v) is 3.22. The van der Waals surface area contributed by atoms with E-state index in [-0.39, 0.29) is 0 Å². The van der Waals surface area contributed by atoms with Crippen molar-refractivity contribution in [3.8, 4) is 0 Å². The van der Waals surface area contributed by atoms with Crippen LogP contribution in [0.25, 0.3) is 0 Å². The molecule has 0 fully saturated rings. The SMILES string of the molecule is CCc1cc(C)cc(C)c1NC. The van der Waals surface area contributed by atoms with Crippen molar-refractivity contribution in [1.82, 2.24) is 0 Å². The molecule has 0 amide bonds. The first-order chi connectivity index (χ1) is 5.69. The molecule has 0 atom stereocenters. The summed E-state index contributed by atoms with van der Waals surface area (Å²) in [6.45, 7) is 6.48. The highest BCUT2D eigenvalue weighted by Crippen LogP contribution is 2.22. The fourth-order valence-corrected chi connectivity index (χ4v) is 1.69. The minimum atomic E-state index is 1.10. The van der Waals surface area contributed by atoms with E-state index in [2.05, 4.69) is 38.2 Å². The number of hydrogen-bond donors (Lipinski definition) is 1. The molecular weight excluding hydrogens is 146 g/mol. The number of hydrogen-bond acceptors (Lipinski definition) is 1. The third-order valence-electron chi connectivity index (χ3n) is 2.19. The van der Waals surface area contributed by atoms with Crippen LogP contribution >= 0.6 is 0 Å². The lowest BCUT2D eigenvalue weighted by atomic mass is 10.0. The Hall–Kier alpha value is -0.980. The van der Waals surface area contributed by atoms with Crippen LogP contribution in [0.2, 0.25) is 0 Å². The highest BCUT2D eigenvalue weighted by atomic mass is 14.8. The Morgan fingerprint density at radius 3 is 2.42 bits per heavy atom. The molecule has 1 rings (SSSR count). The van der Waals surface area contributed by atoms with Crippen LogP contribution in [0.3, 0.4) is 0 Å². The zero-order chi connectivity index (χ0) is 9.14. The minimum Gasteiger partial charge on any atom is -0.388 e. The van der Waals surface area contributed by atoms with Crippen LogP contribution in [-0.2, 0) is 6.42 Å². The van der Waals surface area contributed by atoms with Crippen LogP contribution in [0.4, 0.5) is 5.69 Å². The minimum absolute atomic E-state index is 1.10. The van der Waals surface area contributed by atoms with Crippen molar-refractivity contribution in [2.75, 3.05) is 12.4 Å². The summed E-state index contributed by atoms with van der Waals surface area (Å²) in [5.41, 5.74) is 5.40. The second-order valence-electron chi connectivity index (χ2n) is 3.22. The van der Waals surface area contributed by atoms with Crippen LogP contribution in [-0.4, -0.2) is 7.05 Å². The van der Waals surface area contributed by atoms with Crippen LogP contribution in [0.1, 0.15) is 23.6 Å². The first kappa shape index (κ1) is 9.11. The van der Waals surface area contributed by atoms with Gasteiger partial charge in [0.15, 0.2) is 0 Å². The molecule has 1 nitrogen and oxygen atoms in total. The molecule has 0 aliphatic heterocycles. The topological polar surface area (TPSA) is 12.0 Å². The monoisotopic (exact) mass is 163 g/mol. The maximum absolute atomic E-state index is 3.24. The van der Waals surface area contributed by atoms with E-state index in [9.17, 15) is 0 Å². The summed E-state index contributed by atoms with van der Waals surface area (Å²) in [5.74, 6) is 0. The van der Waals surface area contributed by atoms with Gasteiger partial charge in [0, 0.05) is 12.7 Å². The van der Waals surface area contributed by atoms with E-state index in [1.165, 1.54) is 22.4 Å². The van der Waals surface area contributed by atoms with Crippen molar-refractivity contribution in [3.05, 3.63) is 28.8 Å². The van der Waals surface area contributed by atoms with E-state index < -0.39 is 0 Å². The van der Waals surface area contributed by atoms with Gasteiger partial charge in [-0.3, -0.25) is 0 Å². The molecule has 0 spiro atoms. The summed E-state index contributed by atoms with van der Waals surface area (Å²) in [6, 6.07) is 4.46. The second kappa shape index (κ2) is 3.61. The molecule has 0 aliphatic rings. The van der Waals surface area contributed by atoms with Crippen LogP contribution in [0.15, 0.2) is 12.1 Å². The zero-order valence-corrected chi connectivity index (χ0v) is 8.36. The Bertz CT molecular complexity index is 277. The lowest BCUT2D eigenvalue weighted by molar-refractivity contribution is 1.12. The fraction of sp³-hybridized carbons (Fsp3) is 0.455. The predicted molar refractivity (Wildman–Crippen MR) is 54.8 cm³/mol. The quantitative estimate of drug-likeness (QED) is 0.707. The maximum atomic E-state index is 3.24. The van der Waals surface area contributed by atoms with Gasteiger partial charge >= 0.3 is 0 Å². The van der Waals surface area contributed by atoms with Gasteiger partial charge in [0.05, 0.1) is 0 Å². The molecule has 66 valence electrons. The van der Waals surface area contributed by atoms with Gasteiger partial charge in [0.25, 0.3) is 0 Å². The van der Waals surface area contributed by atoms with Crippen molar-refractivity contribution in [2.24, 2.45) is 0 Å². The van der Waals surface area contributed by atoms with E-state index >= 15 is 0 Å². The molecule has 0 unspecified atom stereocenters. The maximum Gasteiger partial charge on any atom is 0.0399 e. The van der Waals surface area contributed by atoms with E-state index in [0.717, 1.165) is 6.42 Å². The lowest BCUT2D eigenvalue weighted by Gasteiger charge is -2.11. The lowest BCUT2D eigenvalue weighted by Crippen LogP contribution is -1.98. The summed E-state index contributed by atoms with van der Waals surface area (Å²) in [6.07, 6.45) is 1.10. The molecule has 12 heavy (non-hydrogen) atoms. The van der Waals surface area contributed by atoms with Crippen molar-refractivity contribution in [3.63, 3.8) is 0 Å². The Morgan fingerprint density at radius 2 is 1.92 bits per heavy atom. The summed E-state index contributed by atoms with van der Waals surface area (Å²) in [5, 5.41) is 3.24. The van der Waals surface area contributed by atoms with Gasteiger partial charge in [-0.25, -0.2) is 0 Å². The van der Waals surface area contributed by atoms with Gasteiger partial charge in [-0.15, -0.1) is 0 Å². The van der Waals surface area contributed by atoms with Gasteiger partial charge in [-0.1, -0.05) is 24.6 Å². The zero-order valence-electron chi connectivity index (χ0n) is 8.36. The molecule has 1 aromatic carbocycles. The summed E-state index contributed by atoms with van der Waals surface area (Å²) in [7, 11) is 1.98. The Labute approximate surface area is 74.8 Å². The van der Waals surface area contributed by atoms with Crippen molar-refractivity contribution >= 4 is 5.69 Å². The largest absolute Gasteiger partial charge is 0.388 e. The van der Waals surface area contributed by atoms with Gasteiger partial charge in [0.2, 0.25) is 0 Å². The number of nitrogens with one attached hydrogen (secondary N) is 1. The predicted octanol–water partition coefficient (Wildman–Crippen LogP) is 2.91. The van der Waals surface area contributed by atoms with E-state index in [1.54, 1.807) is 0 Å². The molecule has 1 N–H and O–H groups in total. The summed E-state index contributed by atoms with van der Waals surface area (Å²) < 4.78 is 0.